The minimum absolute atomic E-state index is 0.334. The molecule has 90 valence electrons. The number of hydrogen-bond acceptors (Lipinski definition) is 3. The number of hydrogen-bond donors (Lipinski definition) is 2. The molecule has 1 fully saturated rings. The number of rotatable bonds is 8. The van der Waals surface area contributed by atoms with E-state index in [0.717, 1.165) is 30.7 Å². The number of nitrogens with one attached hydrogen (secondary N) is 1. The summed E-state index contributed by atoms with van der Waals surface area (Å²) in [5, 5.41) is 12.3. The second-order valence-electron chi connectivity index (χ2n) is 4.35. The van der Waals surface area contributed by atoms with Gasteiger partial charge in [-0.15, -0.1) is 0 Å². The normalized spacial score (nSPS) is 26.0. The molecule has 0 aromatic carbocycles. The summed E-state index contributed by atoms with van der Waals surface area (Å²) in [6.07, 6.45) is 6.47. The Bertz CT molecular complexity index is 155. The molecular formula is C12H25NOS. The van der Waals surface area contributed by atoms with Gasteiger partial charge in [0.1, 0.15) is 0 Å². The van der Waals surface area contributed by atoms with E-state index < -0.39 is 0 Å². The summed E-state index contributed by atoms with van der Waals surface area (Å²) in [7, 11) is 0. The lowest BCUT2D eigenvalue weighted by atomic mass is 10.0. The van der Waals surface area contributed by atoms with Gasteiger partial charge in [-0.1, -0.05) is 19.8 Å². The molecule has 0 amide bonds. The Hall–Kier alpha value is 0.270. The van der Waals surface area contributed by atoms with Crippen molar-refractivity contribution in [1.82, 2.24) is 5.32 Å². The van der Waals surface area contributed by atoms with Crippen LogP contribution < -0.4 is 5.32 Å². The number of thioether (sulfide) groups is 1. The van der Waals surface area contributed by atoms with Gasteiger partial charge in [-0.05, 0) is 30.9 Å². The highest BCUT2D eigenvalue weighted by atomic mass is 32.2. The van der Waals surface area contributed by atoms with Gasteiger partial charge in [0.25, 0.3) is 0 Å². The lowest BCUT2D eigenvalue weighted by Gasteiger charge is -2.19. The summed E-state index contributed by atoms with van der Waals surface area (Å²) in [6, 6.07) is 0.786. The molecule has 0 aromatic rings. The first-order valence-electron chi connectivity index (χ1n) is 6.30. The molecule has 1 aliphatic rings. The highest BCUT2D eigenvalue weighted by Gasteiger charge is 2.24. The van der Waals surface area contributed by atoms with Crippen molar-refractivity contribution in [3.8, 4) is 0 Å². The molecule has 0 bridgehead atoms. The molecule has 15 heavy (non-hydrogen) atoms. The summed E-state index contributed by atoms with van der Waals surface area (Å²) in [5.74, 6) is 3.21. The van der Waals surface area contributed by atoms with Crippen molar-refractivity contribution < 1.29 is 5.11 Å². The molecule has 2 N–H and O–H groups in total. The maximum atomic E-state index is 8.63. The maximum absolute atomic E-state index is 8.63. The van der Waals surface area contributed by atoms with E-state index in [1.807, 2.05) is 11.8 Å². The fourth-order valence-electron chi connectivity index (χ4n) is 2.38. The van der Waals surface area contributed by atoms with Crippen molar-refractivity contribution in [2.24, 2.45) is 5.92 Å². The first kappa shape index (κ1) is 13.3. The third-order valence-corrected chi connectivity index (χ3v) is 4.35. The molecule has 0 heterocycles. The van der Waals surface area contributed by atoms with Crippen LogP contribution in [0.2, 0.25) is 0 Å². The Morgan fingerprint density at radius 2 is 2.20 bits per heavy atom. The van der Waals surface area contributed by atoms with Gasteiger partial charge in [0.15, 0.2) is 0 Å². The third kappa shape index (κ3) is 5.23. The molecule has 2 unspecified atom stereocenters. The van der Waals surface area contributed by atoms with Crippen molar-refractivity contribution in [1.29, 1.82) is 0 Å². The third-order valence-electron chi connectivity index (χ3n) is 3.28. The largest absolute Gasteiger partial charge is 0.396 e. The van der Waals surface area contributed by atoms with Crippen LogP contribution in [0, 0.1) is 5.92 Å². The first-order chi connectivity index (χ1) is 7.38. The summed E-state index contributed by atoms with van der Waals surface area (Å²) < 4.78 is 0. The van der Waals surface area contributed by atoms with Gasteiger partial charge < -0.3 is 10.4 Å². The van der Waals surface area contributed by atoms with Crippen molar-refractivity contribution in [3.63, 3.8) is 0 Å². The Labute approximate surface area is 98.2 Å². The van der Waals surface area contributed by atoms with Gasteiger partial charge in [-0.2, -0.15) is 11.8 Å². The van der Waals surface area contributed by atoms with Crippen LogP contribution in [0.15, 0.2) is 0 Å². The average Bonchev–Trinajstić information content (AvgIpc) is 2.70. The van der Waals surface area contributed by atoms with Gasteiger partial charge in [0.2, 0.25) is 0 Å². The van der Waals surface area contributed by atoms with E-state index in [-0.39, 0.29) is 0 Å². The van der Waals surface area contributed by atoms with Gasteiger partial charge in [0.05, 0.1) is 0 Å². The molecule has 0 saturated heterocycles. The van der Waals surface area contributed by atoms with Crippen LogP contribution in [0.5, 0.6) is 0 Å². The quantitative estimate of drug-likeness (QED) is 0.629. The fourth-order valence-corrected chi connectivity index (χ4v) is 3.18. The summed E-state index contributed by atoms with van der Waals surface area (Å²) in [5.41, 5.74) is 0. The van der Waals surface area contributed by atoms with Crippen LogP contribution >= 0.6 is 11.8 Å². The van der Waals surface area contributed by atoms with Crippen LogP contribution in [0.1, 0.15) is 39.0 Å². The van der Waals surface area contributed by atoms with E-state index in [9.17, 15) is 0 Å². The topological polar surface area (TPSA) is 32.3 Å². The minimum atomic E-state index is 0.334. The zero-order valence-corrected chi connectivity index (χ0v) is 10.7. The molecule has 0 spiro atoms. The van der Waals surface area contributed by atoms with Crippen LogP contribution in [0.25, 0.3) is 0 Å². The van der Waals surface area contributed by atoms with E-state index in [4.69, 9.17) is 5.11 Å². The summed E-state index contributed by atoms with van der Waals surface area (Å²) in [6.45, 7) is 3.78. The molecule has 2 nitrogen and oxygen atoms in total. The predicted molar refractivity (Wildman–Crippen MR) is 68.5 cm³/mol. The summed E-state index contributed by atoms with van der Waals surface area (Å²) >= 11 is 1.95. The lowest BCUT2D eigenvalue weighted by molar-refractivity contribution is 0.296. The van der Waals surface area contributed by atoms with Gasteiger partial charge in [-0.25, -0.2) is 0 Å². The maximum Gasteiger partial charge on any atom is 0.0438 e. The Kier molecular flexibility index (Phi) is 7.49. The second-order valence-corrected chi connectivity index (χ2v) is 5.57. The molecule has 1 saturated carbocycles. The Morgan fingerprint density at radius 3 is 2.93 bits per heavy atom. The predicted octanol–water partition coefficient (Wildman–Crippen LogP) is 2.27. The smallest absolute Gasteiger partial charge is 0.0438 e. The summed E-state index contributed by atoms with van der Waals surface area (Å²) in [4.78, 5) is 0. The Balaban J connectivity index is 1.95. The SMILES string of the molecule is CCC1CCCC1NCCSCCCO. The molecule has 1 rings (SSSR count). The van der Waals surface area contributed by atoms with E-state index >= 15 is 0 Å². The molecule has 2 atom stereocenters. The fraction of sp³-hybridized carbons (Fsp3) is 1.00. The average molecular weight is 231 g/mol. The first-order valence-corrected chi connectivity index (χ1v) is 7.46. The van der Waals surface area contributed by atoms with Crippen LogP contribution in [0.4, 0.5) is 0 Å². The molecular weight excluding hydrogens is 206 g/mol. The highest BCUT2D eigenvalue weighted by Crippen LogP contribution is 2.27. The standard InChI is InChI=1S/C12H25NOS/c1-2-11-5-3-6-12(11)13-7-10-15-9-4-8-14/h11-14H,2-10H2,1H3. The van der Waals surface area contributed by atoms with Crippen molar-refractivity contribution in [2.75, 3.05) is 24.7 Å². The monoisotopic (exact) mass is 231 g/mol. The zero-order valence-electron chi connectivity index (χ0n) is 9.87. The van der Waals surface area contributed by atoms with Crippen LogP contribution in [-0.4, -0.2) is 35.8 Å². The van der Waals surface area contributed by atoms with E-state index in [0.29, 0.717) is 6.61 Å². The Morgan fingerprint density at radius 1 is 1.33 bits per heavy atom. The van der Waals surface area contributed by atoms with Crippen molar-refractivity contribution in [3.05, 3.63) is 0 Å². The highest BCUT2D eigenvalue weighted by molar-refractivity contribution is 7.99. The van der Waals surface area contributed by atoms with E-state index in [2.05, 4.69) is 12.2 Å². The van der Waals surface area contributed by atoms with Crippen molar-refractivity contribution >= 4 is 11.8 Å². The molecule has 0 aliphatic heterocycles. The second kappa shape index (κ2) is 8.43. The van der Waals surface area contributed by atoms with Gasteiger partial charge in [0, 0.05) is 24.9 Å². The van der Waals surface area contributed by atoms with Crippen LogP contribution in [0.3, 0.4) is 0 Å². The molecule has 3 heteroatoms. The van der Waals surface area contributed by atoms with Gasteiger partial charge in [-0.3, -0.25) is 0 Å². The zero-order chi connectivity index (χ0) is 10.9. The molecule has 0 radical (unpaired) electrons. The molecule has 0 aromatic heterocycles. The number of aliphatic hydroxyl groups is 1. The van der Waals surface area contributed by atoms with E-state index in [1.54, 1.807) is 0 Å². The molecule has 1 aliphatic carbocycles. The van der Waals surface area contributed by atoms with Crippen LogP contribution in [-0.2, 0) is 0 Å². The lowest BCUT2D eigenvalue weighted by Crippen LogP contribution is -2.33. The van der Waals surface area contributed by atoms with E-state index in [1.165, 1.54) is 31.4 Å². The number of aliphatic hydroxyl groups excluding tert-OH is 1. The van der Waals surface area contributed by atoms with Crippen molar-refractivity contribution in [2.45, 2.75) is 45.1 Å². The van der Waals surface area contributed by atoms with Gasteiger partial charge >= 0.3 is 0 Å². The minimum Gasteiger partial charge on any atom is -0.396 e.